The largest absolute Gasteiger partial charge is 0.455 e. The van der Waals surface area contributed by atoms with E-state index in [0.717, 1.165) is 34.8 Å². The first-order chi connectivity index (χ1) is 10.2. The van der Waals surface area contributed by atoms with Gasteiger partial charge >= 0.3 is 0 Å². The molecule has 2 aromatic rings. The van der Waals surface area contributed by atoms with Crippen LogP contribution in [0.2, 0.25) is 0 Å². The molecule has 1 aromatic heterocycles. The molecule has 0 aliphatic heterocycles. The third kappa shape index (κ3) is 5.12. The van der Waals surface area contributed by atoms with E-state index in [9.17, 15) is 0 Å². The zero-order valence-electron chi connectivity index (χ0n) is 12.2. The fraction of sp³-hybridized carbons (Fsp3) is 0.312. The molecule has 2 rings (SSSR count). The summed E-state index contributed by atoms with van der Waals surface area (Å²) < 4.78 is 11.7. The minimum absolute atomic E-state index is 0.711. The van der Waals surface area contributed by atoms with Crippen molar-refractivity contribution >= 4 is 15.9 Å². The van der Waals surface area contributed by atoms with Crippen LogP contribution in [0.1, 0.15) is 11.3 Å². The first kappa shape index (κ1) is 15.9. The molecule has 5 heteroatoms. The third-order valence-electron chi connectivity index (χ3n) is 2.92. The molecule has 21 heavy (non-hydrogen) atoms. The summed E-state index contributed by atoms with van der Waals surface area (Å²) in [6.07, 6.45) is 1.72. The molecule has 0 saturated carbocycles. The molecular formula is C16H19BrN2O2. The lowest BCUT2D eigenvalue weighted by Crippen LogP contribution is -2.18. The SMILES string of the molecule is COCCNCc1ccc(Oc2ccc(C)nc2)c(Br)c1. The average molecular weight is 351 g/mol. The number of nitrogens with one attached hydrogen (secondary N) is 1. The van der Waals surface area contributed by atoms with Crippen molar-refractivity contribution in [3.8, 4) is 11.5 Å². The Labute approximate surface area is 133 Å². The van der Waals surface area contributed by atoms with E-state index in [1.54, 1.807) is 13.3 Å². The second-order valence-electron chi connectivity index (χ2n) is 4.67. The van der Waals surface area contributed by atoms with Crippen LogP contribution in [0.5, 0.6) is 11.5 Å². The van der Waals surface area contributed by atoms with Crippen LogP contribution < -0.4 is 10.1 Å². The van der Waals surface area contributed by atoms with Gasteiger partial charge in [0, 0.05) is 25.9 Å². The van der Waals surface area contributed by atoms with Gasteiger partial charge < -0.3 is 14.8 Å². The molecular weight excluding hydrogens is 332 g/mol. The Balaban J connectivity index is 1.97. The number of nitrogens with zero attached hydrogens (tertiary/aromatic N) is 1. The Morgan fingerprint density at radius 2 is 2.10 bits per heavy atom. The lowest BCUT2D eigenvalue weighted by molar-refractivity contribution is 0.199. The molecule has 1 heterocycles. The summed E-state index contributed by atoms with van der Waals surface area (Å²) in [5, 5.41) is 3.31. The zero-order valence-corrected chi connectivity index (χ0v) is 13.8. The minimum Gasteiger partial charge on any atom is -0.455 e. The van der Waals surface area contributed by atoms with E-state index in [2.05, 4.69) is 32.3 Å². The molecule has 0 unspecified atom stereocenters. The van der Waals surface area contributed by atoms with E-state index in [1.807, 2.05) is 31.2 Å². The topological polar surface area (TPSA) is 43.4 Å². The van der Waals surface area contributed by atoms with Crippen LogP contribution in [0.25, 0.3) is 0 Å². The van der Waals surface area contributed by atoms with E-state index < -0.39 is 0 Å². The Morgan fingerprint density at radius 3 is 2.76 bits per heavy atom. The van der Waals surface area contributed by atoms with Crippen LogP contribution in [0.15, 0.2) is 41.0 Å². The first-order valence-electron chi connectivity index (χ1n) is 6.77. The van der Waals surface area contributed by atoms with Crippen molar-refractivity contribution in [3.05, 3.63) is 52.3 Å². The van der Waals surface area contributed by atoms with Crippen LogP contribution in [0.4, 0.5) is 0 Å². The number of hydrogen-bond acceptors (Lipinski definition) is 4. The predicted molar refractivity (Wildman–Crippen MR) is 86.8 cm³/mol. The van der Waals surface area contributed by atoms with E-state index in [0.29, 0.717) is 6.61 Å². The van der Waals surface area contributed by atoms with E-state index >= 15 is 0 Å². The molecule has 0 aliphatic carbocycles. The van der Waals surface area contributed by atoms with Gasteiger partial charge in [-0.05, 0) is 52.7 Å². The van der Waals surface area contributed by atoms with Crippen molar-refractivity contribution in [2.24, 2.45) is 0 Å². The summed E-state index contributed by atoms with van der Waals surface area (Å²) in [6, 6.07) is 9.89. The average Bonchev–Trinajstić information content (AvgIpc) is 2.48. The minimum atomic E-state index is 0.711. The summed E-state index contributed by atoms with van der Waals surface area (Å²) in [5.41, 5.74) is 2.16. The fourth-order valence-electron chi connectivity index (χ4n) is 1.79. The number of halogens is 1. The van der Waals surface area contributed by atoms with Crippen LogP contribution in [0.3, 0.4) is 0 Å². The molecule has 0 aliphatic rings. The molecule has 0 amide bonds. The van der Waals surface area contributed by atoms with Crippen molar-refractivity contribution in [3.63, 3.8) is 0 Å². The van der Waals surface area contributed by atoms with Crippen LogP contribution in [0, 0.1) is 6.92 Å². The Bertz CT molecular complexity index is 573. The third-order valence-corrected chi connectivity index (χ3v) is 3.54. The summed E-state index contributed by atoms with van der Waals surface area (Å²) in [6.45, 7) is 4.30. The normalized spacial score (nSPS) is 10.6. The van der Waals surface area contributed by atoms with E-state index in [1.165, 1.54) is 5.56 Å². The van der Waals surface area contributed by atoms with Gasteiger partial charge in [-0.3, -0.25) is 4.98 Å². The Kier molecular flexibility index (Phi) is 6.17. The lowest BCUT2D eigenvalue weighted by Gasteiger charge is -2.10. The predicted octanol–water partition coefficient (Wildman–Crippen LogP) is 3.68. The molecule has 0 bridgehead atoms. The van der Waals surface area contributed by atoms with E-state index in [4.69, 9.17) is 9.47 Å². The molecule has 0 spiro atoms. The number of methoxy groups -OCH3 is 1. The maximum Gasteiger partial charge on any atom is 0.145 e. The van der Waals surface area contributed by atoms with Crippen LogP contribution >= 0.6 is 15.9 Å². The maximum absolute atomic E-state index is 5.81. The van der Waals surface area contributed by atoms with Gasteiger partial charge in [-0.2, -0.15) is 0 Å². The Hall–Kier alpha value is -1.43. The van der Waals surface area contributed by atoms with Gasteiger partial charge in [0.05, 0.1) is 17.3 Å². The monoisotopic (exact) mass is 350 g/mol. The van der Waals surface area contributed by atoms with Gasteiger partial charge in [-0.15, -0.1) is 0 Å². The van der Waals surface area contributed by atoms with Gasteiger partial charge in [-0.25, -0.2) is 0 Å². The molecule has 1 aromatic carbocycles. The lowest BCUT2D eigenvalue weighted by atomic mass is 10.2. The first-order valence-corrected chi connectivity index (χ1v) is 7.57. The highest BCUT2D eigenvalue weighted by Crippen LogP contribution is 2.30. The smallest absolute Gasteiger partial charge is 0.145 e. The number of hydrogen-bond donors (Lipinski definition) is 1. The summed E-state index contributed by atoms with van der Waals surface area (Å²) >= 11 is 3.54. The zero-order chi connectivity index (χ0) is 15.1. The van der Waals surface area contributed by atoms with Gasteiger partial charge in [0.2, 0.25) is 0 Å². The van der Waals surface area contributed by atoms with Crippen molar-refractivity contribution in [2.45, 2.75) is 13.5 Å². The standard InChI is InChI=1S/C16H19BrN2O2/c1-12-3-5-14(11-19-12)21-16-6-4-13(9-15(16)17)10-18-7-8-20-2/h3-6,9,11,18H,7-8,10H2,1-2H3. The number of ether oxygens (including phenoxy) is 2. The molecule has 1 N–H and O–H groups in total. The molecule has 0 radical (unpaired) electrons. The number of aromatic nitrogens is 1. The van der Waals surface area contributed by atoms with E-state index in [-0.39, 0.29) is 0 Å². The van der Waals surface area contributed by atoms with Crippen molar-refractivity contribution in [2.75, 3.05) is 20.3 Å². The van der Waals surface area contributed by atoms with Gasteiger partial charge in [-0.1, -0.05) is 6.07 Å². The highest BCUT2D eigenvalue weighted by atomic mass is 79.9. The molecule has 112 valence electrons. The molecule has 0 fully saturated rings. The number of rotatable bonds is 7. The Morgan fingerprint density at radius 1 is 1.24 bits per heavy atom. The quantitative estimate of drug-likeness (QED) is 0.773. The fourth-order valence-corrected chi connectivity index (χ4v) is 2.29. The van der Waals surface area contributed by atoms with Gasteiger partial charge in [0.15, 0.2) is 0 Å². The molecule has 0 atom stereocenters. The second-order valence-corrected chi connectivity index (χ2v) is 5.53. The molecule has 0 saturated heterocycles. The number of benzene rings is 1. The van der Waals surface area contributed by atoms with Crippen molar-refractivity contribution in [1.82, 2.24) is 10.3 Å². The number of aryl methyl sites for hydroxylation is 1. The van der Waals surface area contributed by atoms with Crippen LogP contribution in [-0.4, -0.2) is 25.2 Å². The summed E-state index contributed by atoms with van der Waals surface area (Å²) in [7, 11) is 1.70. The highest BCUT2D eigenvalue weighted by molar-refractivity contribution is 9.10. The summed E-state index contributed by atoms with van der Waals surface area (Å²) in [5.74, 6) is 1.51. The summed E-state index contributed by atoms with van der Waals surface area (Å²) in [4.78, 5) is 4.22. The second kappa shape index (κ2) is 8.12. The molecule has 4 nitrogen and oxygen atoms in total. The van der Waals surface area contributed by atoms with Gasteiger partial charge in [0.25, 0.3) is 0 Å². The van der Waals surface area contributed by atoms with Crippen molar-refractivity contribution in [1.29, 1.82) is 0 Å². The number of pyridine rings is 1. The van der Waals surface area contributed by atoms with Gasteiger partial charge in [0.1, 0.15) is 11.5 Å². The maximum atomic E-state index is 5.81. The van der Waals surface area contributed by atoms with Crippen molar-refractivity contribution < 1.29 is 9.47 Å². The highest BCUT2D eigenvalue weighted by Gasteiger charge is 2.04. The van der Waals surface area contributed by atoms with Crippen LogP contribution in [-0.2, 0) is 11.3 Å².